The highest BCUT2D eigenvalue weighted by Crippen LogP contribution is 2.70. The quantitative estimate of drug-likeness (QED) is 0.135. The van der Waals surface area contributed by atoms with Crippen molar-refractivity contribution in [2.45, 2.75) is 135 Å². The van der Waals surface area contributed by atoms with Crippen LogP contribution < -0.4 is 0 Å². The van der Waals surface area contributed by atoms with Gasteiger partial charge < -0.3 is 25.2 Å². The Labute approximate surface area is 262 Å². The van der Waals surface area contributed by atoms with Gasteiger partial charge in [0.25, 0.3) is 0 Å². The van der Waals surface area contributed by atoms with Crippen molar-refractivity contribution in [2.75, 3.05) is 13.2 Å². The number of fused-ring (bicyclic) bond motifs is 5. The highest BCUT2D eigenvalue weighted by atomic mass is 19.1. The second-order valence-corrected chi connectivity index (χ2v) is 14.0. The third-order valence-corrected chi connectivity index (χ3v) is 11.5. The molecule has 3 saturated carbocycles. The third kappa shape index (κ3) is 6.70. The fourth-order valence-electron chi connectivity index (χ4n) is 9.01. The van der Waals surface area contributed by atoms with Gasteiger partial charge in [-0.15, -0.1) is 0 Å². The number of unbranched alkanes of at least 4 members (excludes halogenated alkanes) is 9. The summed E-state index contributed by atoms with van der Waals surface area (Å²) in [5.74, 6) is -2.12. The molecule has 4 aliphatic carbocycles. The number of ketones is 2. The Morgan fingerprint density at radius 1 is 1.02 bits per heavy atom. The summed E-state index contributed by atoms with van der Waals surface area (Å²) in [6, 6.07) is 0. The monoisotopic (exact) mass is 622 g/mol. The van der Waals surface area contributed by atoms with Crippen LogP contribution in [0.15, 0.2) is 23.8 Å². The Bertz CT molecular complexity index is 1090. The standard InChI is InChI=1S/C22H29FO5.C13H26O3/c1-12-8-16-15-5-4-13-9-14(25)6-7-19(13,2)21(15,23)17(26)10-20(16,3)22(12,28)18(27)11-24;1-2-3-4-5-6-7-8-9-10-11-12-16-13(14)15/h6-7,9,12,15-17,24,26,28H,4-5,8,10-11H2,1-3H3;2-12H2,1H3,(H,14,15)/t12-,15+,16+,17+,19+,20+,21+,22+;/m1./s1. The number of Topliss-reactive ketones (excluding diaryl/α,β-unsaturated/α-hetero) is 1. The number of aliphatic hydroxyl groups excluding tert-OH is 2. The van der Waals surface area contributed by atoms with Crippen molar-refractivity contribution in [3.8, 4) is 0 Å². The molecule has 0 bridgehead atoms. The van der Waals surface area contributed by atoms with Crippen LogP contribution in [0.5, 0.6) is 0 Å². The van der Waals surface area contributed by atoms with Gasteiger partial charge in [-0.1, -0.05) is 90.2 Å². The molecule has 4 aliphatic rings. The van der Waals surface area contributed by atoms with Crippen molar-refractivity contribution in [1.82, 2.24) is 0 Å². The minimum Gasteiger partial charge on any atom is -0.450 e. The second-order valence-electron chi connectivity index (χ2n) is 14.0. The SMILES string of the molecule is CCCCCCCCCCCCOC(=O)O.C[C@@H]1C[C@H]2[C@@H]3CCC4=CC(=O)C=C[C@]4(C)[C@@]3(F)[C@@H](O)C[C@]2(C)[C@@]1(O)C(=O)CO. The zero-order chi connectivity index (χ0) is 32.8. The molecule has 0 heterocycles. The van der Waals surface area contributed by atoms with Crippen molar-refractivity contribution in [1.29, 1.82) is 0 Å². The number of allylic oxidation sites excluding steroid dienone is 4. The molecule has 0 radical (unpaired) electrons. The summed E-state index contributed by atoms with van der Waals surface area (Å²) in [4.78, 5) is 34.4. The zero-order valence-electron chi connectivity index (χ0n) is 27.2. The number of hydrogen-bond donors (Lipinski definition) is 4. The summed E-state index contributed by atoms with van der Waals surface area (Å²) < 4.78 is 21.3. The van der Waals surface area contributed by atoms with Gasteiger partial charge in [-0.25, -0.2) is 9.18 Å². The van der Waals surface area contributed by atoms with Crippen molar-refractivity contribution < 1.29 is 43.9 Å². The molecule has 0 amide bonds. The molecule has 250 valence electrons. The molecule has 8 nitrogen and oxygen atoms in total. The van der Waals surface area contributed by atoms with E-state index in [0.717, 1.165) is 12.8 Å². The van der Waals surface area contributed by atoms with Crippen LogP contribution in [-0.4, -0.2) is 68.7 Å². The van der Waals surface area contributed by atoms with Gasteiger partial charge in [-0.05, 0) is 63.0 Å². The van der Waals surface area contributed by atoms with E-state index in [9.17, 15) is 29.7 Å². The lowest BCUT2D eigenvalue weighted by Crippen LogP contribution is -2.69. The van der Waals surface area contributed by atoms with E-state index in [-0.39, 0.29) is 18.1 Å². The van der Waals surface area contributed by atoms with Crippen LogP contribution in [0.2, 0.25) is 0 Å². The van der Waals surface area contributed by atoms with Crippen molar-refractivity contribution >= 4 is 17.7 Å². The normalized spacial score (nSPS) is 37.2. The largest absolute Gasteiger partial charge is 0.505 e. The van der Waals surface area contributed by atoms with Gasteiger partial charge in [0.15, 0.2) is 17.2 Å². The van der Waals surface area contributed by atoms with Gasteiger partial charge in [0.1, 0.15) is 12.2 Å². The summed E-state index contributed by atoms with van der Waals surface area (Å²) in [6.45, 7) is 7.07. The number of alkyl halides is 1. The van der Waals surface area contributed by atoms with E-state index >= 15 is 4.39 Å². The number of halogens is 1. The van der Waals surface area contributed by atoms with Gasteiger partial charge in [0.05, 0.1) is 12.7 Å². The smallest absolute Gasteiger partial charge is 0.450 e. The van der Waals surface area contributed by atoms with Gasteiger partial charge in [-0.2, -0.15) is 0 Å². The molecule has 0 unspecified atom stereocenters. The average molecular weight is 623 g/mol. The number of ether oxygens (including phenoxy) is 1. The van der Waals surface area contributed by atoms with Crippen LogP contribution in [0, 0.1) is 28.6 Å². The first kappa shape index (κ1) is 36.4. The molecule has 0 aromatic heterocycles. The fourth-order valence-corrected chi connectivity index (χ4v) is 9.01. The Morgan fingerprint density at radius 2 is 1.61 bits per heavy atom. The van der Waals surface area contributed by atoms with Crippen LogP contribution in [0.4, 0.5) is 9.18 Å². The summed E-state index contributed by atoms with van der Waals surface area (Å²) in [6.07, 6.45) is 15.8. The van der Waals surface area contributed by atoms with Gasteiger partial charge in [0.2, 0.25) is 0 Å². The number of carboxylic acid groups (broad SMARTS) is 1. The van der Waals surface area contributed by atoms with E-state index in [1.165, 1.54) is 63.5 Å². The number of hydrogen-bond acceptors (Lipinski definition) is 7. The maximum Gasteiger partial charge on any atom is 0.505 e. The molecular formula is C35H55FO8. The van der Waals surface area contributed by atoms with Gasteiger partial charge in [-0.3, -0.25) is 9.59 Å². The maximum absolute atomic E-state index is 16.9. The number of rotatable bonds is 13. The lowest BCUT2D eigenvalue weighted by Gasteiger charge is -2.62. The van der Waals surface area contributed by atoms with Crippen molar-refractivity contribution in [2.24, 2.45) is 28.6 Å². The molecule has 0 aromatic carbocycles. The molecule has 3 fully saturated rings. The number of carbonyl (C=O) groups excluding carboxylic acids is 2. The Balaban J connectivity index is 0.000000284. The van der Waals surface area contributed by atoms with Crippen molar-refractivity contribution in [3.05, 3.63) is 23.8 Å². The van der Waals surface area contributed by atoms with Crippen LogP contribution in [0.3, 0.4) is 0 Å². The Hall–Kier alpha value is -2.10. The van der Waals surface area contributed by atoms with Crippen LogP contribution in [0.1, 0.15) is 118 Å². The van der Waals surface area contributed by atoms with E-state index in [2.05, 4.69) is 11.7 Å². The average Bonchev–Trinajstić information content (AvgIpc) is 3.18. The van der Waals surface area contributed by atoms with Crippen molar-refractivity contribution in [3.63, 3.8) is 0 Å². The third-order valence-electron chi connectivity index (χ3n) is 11.5. The minimum absolute atomic E-state index is 0.0676. The van der Waals surface area contributed by atoms with E-state index in [4.69, 9.17) is 5.11 Å². The van der Waals surface area contributed by atoms with Gasteiger partial charge >= 0.3 is 6.16 Å². The number of aliphatic hydroxyl groups is 3. The van der Waals surface area contributed by atoms with E-state index in [1.807, 2.05) is 0 Å². The van der Waals surface area contributed by atoms with E-state index < -0.39 is 58.6 Å². The molecular weight excluding hydrogens is 567 g/mol. The summed E-state index contributed by atoms with van der Waals surface area (Å²) >= 11 is 0. The summed E-state index contributed by atoms with van der Waals surface area (Å²) in [5, 5.41) is 40.2. The first-order chi connectivity index (χ1) is 20.7. The number of carbonyl (C=O) groups is 3. The maximum atomic E-state index is 16.9. The Kier molecular flexibility index (Phi) is 12.4. The van der Waals surface area contributed by atoms with Crippen LogP contribution in [0.25, 0.3) is 0 Å². The lowest BCUT2D eigenvalue weighted by atomic mass is 9.44. The minimum atomic E-state index is -1.98. The first-order valence-corrected chi connectivity index (χ1v) is 16.8. The van der Waals surface area contributed by atoms with Gasteiger partial charge in [0, 0.05) is 16.7 Å². The summed E-state index contributed by atoms with van der Waals surface area (Å²) in [5.41, 5.74) is -5.17. The Morgan fingerprint density at radius 3 is 2.18 bits per heavy atom. The van der Waals surface area contributed by atoms with E-state index in [1.54, 1.807) is 26.8 Å². The first-order valence-electron chi connectivity index (χ1n) is 16.8. The fraction of sp³-hybridized carbons (Fsp3) is 0.800. The topological polar surface area (TPSA) is 141 Å². The van der Waals surface area contributed by atoms with Crippen LogP contribution >= 0.6 is 0 Å². The molecule has 44 heavy (non-hydrogen) atoms. The molecule has 4 N–H and O–H groups in total. The zero-order valence-corrected chi connectivity index (χ0v) is 27.2. The van der Waals surface area contributed by atoms with Crippen LogP contribution in [-0.2, 0) is 14.3 Å². The molecule has 0 aromatic rings. The molecule has 8 atom stereocenters. The highest BCUT2D eigenvalue weighted by molar-refractivity contribution is 6.01. The predicted molar refractivity (Wildman–Crippen MR) is 166 cm³/mol. The highest BCUT2D eigenvalue weighted by Gasteiger charge is 2.75. The molecule has 9 heteroatoms. The second kappa shape index (κ2) is 15.0. The summed E-state index contributed by atoms with van der Waals surface area (Å²) in [7, 11) is 0. The predicted octanol–water partition coefficient (Wildman–Crippen LogP) is 6.50. The molecule has 0 saturated heterocycles. The molecule has 0 spiro atoms. The molecule has 4 rings (SSSR count). The van der Waals surface area contributed by atoms with E-state index in [0.29, 0.717) is 31.4 Å². The molecule has 0 aliphatic heterocycles. The lowest BCUT2D eigenvalue weighted by molar-refractivity contribution is -0.219.